The average molecular weight is 372 g/mol. The summed E-state index contributed by atoms with van der Waals surface area (Å²) in [5.41, 5.74) is 2.01. The Labute approximate surface area is 153 Å². The van der Waals surface area contributed by atoms with Crippen molar-refractivity contribution in [1.82, 2.24) is 15.0 Å². The van der Waals surface area contributed by atoms with Crippen LogP contribution in [0.3, 0.4) is 0 Å². The maximum atomic E-state index is 13.4. The van der Waals surface area contributed by atoms with E-state index in [1.54, 1.807) is 19.2 Å². The quantitative estimate of drug-likeness (QED) is 0.731. The number of methoxy groups -OCH3 is 1. The highest BCUT2D eigenvalue weighted by atomic mass is 19.3. The predicted octanol–water partition coefficient (Wildman–Crippen LogP) is 3.75. The molecule has 138 valence electrons. The van der Waals surface area contributed by atoms with E-state index < -0.39 is 6.29 Å². The van der Waals surface area contributed by atoms with E-state index in [0.29, 0.717) is 6.61 Å². The van der Waals surface area contributed by atoms with Crippen LogP contribution in [0.4, 0.5) is 20.4 Å². The second kappa shape index (κ2) is 6.76. The number of hydrogen-bond donors (Lipinski definition) is 1. The van der Waals surface area contributed by atoms with Crippen molar-refractivity contribution in [2.75, 3.05) is 12.4 Å². The van der Waals surface area contributed by atoms with E-state index in [0.717, 1.165) is 11.3 Å². The molecule has 0 unspecified atom stereocenters. The molecule has 1 N–H and O–H groups in total. The van der Waals surface area contributed by atoms with Crippen LogP contribution in [-0.4, -0.2) is 28.4 Å². The highest BCUT2D eigenvalue weighted by molar-refractivity contribution is 5.70. The highest BCUT2D eigenvalue weighted by Crippen LogP contribution is 2.46. The van der Waals surface area contributed by atoms with E-state index in [-0.39, 0.29) is 28.8 Å². The Bertz CT molecular complexity index is 984. The number of hydrogen-bond acceptors (Lipinski definition) is 7. The van der Waals surface area contributed by atoms with Gasteiger partial charge in [0.1, 0.15) is 6.33 Å². The summed E-state index contributed by atoms with van der Waals surface area (Å²) in [6.45, 7) is 0.472. The second-order valence-corrected chi connectivity index (χ2v) is 5.69. The summed E-state index contributed by atoms with van der Waals surface area (Å²) in [6, 6.07) is 12.1. The maximum absolute atomic E-state index is 13.4. The lowest BCUT2D eigenvalue weighted by atomic mass is 10.2. The molecule has 0 bridgehead atoms. The molecule has 4 rings (SSSR count). The van der Waals surface area contributed by atoms with Crippen LogP contribution >= 0.6 is 0 Å². The number of anilines is 2. The first-order valence-corrected chi connectivity index (χ1v) is 7.97. The number of nitrogens with zero attached hydrogens (tertiary/aromatic N) is 3. The molecule has 0 spiro atoms. The molecule has 2 heterocycles. The maximum Gasteiger partial charge on any atom is 0.586 e. The van der Waals surface area contributed by atoms with Gasteiger partial charge >= 0.3 is 6.29 Å². The lowest BCUT2D eigenvalue weighted by Crippen LogP contribution is -2.26. The molecule has 27 heavy (non-hydrogen) atoms. The van der Waals surface area contributed by atoms with Crippen LogP contribution in [0.5, 0.6) is 11.5 Å². The Hall–Kier alpha value is -3.33. The van der Waals surface area contributed by atoms with Gasteiger partial charge in [0.25, 0.3) is 0 Å². The molecule has 1 aliphatic rings. The number of halogens is 2. The zero-order valence-corrected chi connectivity index (χ0v) is 14.1. The van der Waals surface area contributed by atoms with E-state index in [4.69, 9.17) is 4.74 Å². The molecular weight excluding hydrogens is 358 g/mol. The van der Waals surface area contributed by atoms with E-state index >= 15 is 0 Å². The molecule has 0 fully saturated rings. The molecular formula is C18H14F2N4O3. The first-order chi connectivity index (χ1) is 13.0. The van der Waals surface area contributed by atoms with Crippen molar-refractivity contribution < 1.29 is 23.0 Å². The second-order valence-electron chi connectivity index (χ2n) is 5.69. The number of rotatable bonds is 5. The monoisotopic (exact) mass is 372 g/mol. The van der Waals surface area contributed by atoms with Gasteiger partial charge in [-0.15, -0.1) is 8.78 Å². The van der Waals surface area contributed by atoms with Crippen LogP contribution in [0.15, 0.2) is 48.8 Å². The number of aromatic nitrogens is 3. The van der Waals surface area contributed by atoms with Gasteiger partial charge in [-0.25, -0.2) is 9.97 Å². The molecule has 0 amide bonds. The lowest BCUT2D eigenvalue weighted by molar-refractivity contribution is -0.286. The molecule has 7 nitrogen and oxygen atoms in total. The minimum atomic E-state index is -3.71. The number of para-hydroxylation sites is 1. The van der Waals surface area contributed by atoms with E-state index in [9.17, 15) is 8.78 Å². The molecule has 0 saturated carbocycles. The van der Waals surface area contributed by atoms with Crippen molar-refractivity contribution in [3.05, 3.63) is 54.4 Å². The third kappa shape index (κ3) is 3.63. The summed E-state index contributed by atoms with van der Waals surface area (Å²) >= 11 is 0. The number of fused-ring (bicyclic) bond motifs is 1. The third-order valence-electron chi connectivity index (χ3n) is 3.74. The van der Waals surface area contributed by atoms with Crippen molar-refractivity contribution >= 4 is 11.6 Å². The fraction of sp³-hybridized carbons (Fsp3) is 0.167. The van der Waals surface area contributed by atoms with Gasteiger partial charge < -0.3 is 19.5 Å². The molecule has 9 heteroatoms. The summed E-state index contributed by atoms with van der Waals surface area (Å²) in [7, 11) is 1.62. The molecule has 0 aliphatic carbocycles. The fourth-order valence-electron chi connectivity index (χ4n) is 2.67. The summed E-state index contributed by atoms with van der Waals surface area (Å²) in [5.74, 6) is 0.262. The number of alkyl halides is 2. The zero-order chi connectivity index (χ0) is 18.9. The minimum Gasteiger partial charge on any atom is -0.395 e. The van der Waals surface area contributed by atoms with Crippen LogP contribution < -0.4 is 14.8 Å². The van der Waals surface area contributed by atoms with Gasteiger partial charge in [0, 0.05) is 12.8 Å². The number of ether oxygens (including phenoxy) is 3. The van der Waals surface area contributed by atoms with E-state index in [1.165, 1.54) is 12.4 Å². The van der Waals surface area contributed by atoms with Gasteiger partial charge in [-0.3, -0.25) is 0 Å². The first-order valence-electron chi connectivity index (χ1n) is 7.97. The lowest BCUT2D eigenvalue weighted by Gasteiger charge is -2.09. The predicted molar refractivity (Wildman–Crippen MR) is 91.9 cm³/mol. The van der Waals surface area contributed by atoms with Gasteiger partial charge in [0.05, 0.1) is 12.2 Å². The third-order valence-corrected chi connectivity index (χ3v) is 3.74. The Morgan fingerprint density at radius 2 is 1.96 bits per heavy atom. The summed E-state index contributed by atoms with van der Waals surface area (Å²) in [4.78, 5) is 12.4. The van der Waals surface area contributed by atoms with Crippen LogP contribution in [-0.2, 0) is 11.3 Å². The molecule has 2 aromatic carbocycles. The van der Waals surface area contributed by atoms with Gasteiger partial charge in [-0.2, -0.15) is 4.98 Å². The largest absolute Gasteiger partial charge is 0.586 e. The number of nitrogens with one attached hydrogen (secondary N) is 1. The smallest absolute Gasteiger partial charge is 0.395 e. The van der Waals surface area contributed by atoms with Crippen molar-refractivity contribution in [2.24, 2.45) is 0 Å². The summed E-state index contributed by atoms with van der Waals surface area (Å²) in [5, 5.41) is 3.06. The molecule has 0 atom stereocenters. The summed E-state index contributed by atoms with van der Waals surface area (Å²) in [6.07, 6.45) is -2.43. The molecule has 0 saturated heterocycles. The van der Waals surface area contributed by atoms with E-state index in [2.05, 4.69) is 29.7 Å². The first kappa shape index (κ1) is 17.1. The normalized spacial score (nSPS) is 14.2. The van der Waals surface area contributed by atoms with Crippen molar-refractivity contribution in [3.63, 3.8) is 0 Å². The van der Waals surface area contributed by atoms with Crippen LogP contribution in [0.1, 0.15) is 5.56 Å². The SMILES string of the molecule is COCc1cccc(Nc2ncnc(-c3cccc4c3OC(F)(F)O4)n2)c1. The Morgan fingerprint density at radius 3 is 2.81 bits per heavy atom. The van der Waals surface area contributed by atoms with Crippen LogP contribution in [0.25, 0.3) is 11.4 Å². The molecule has 1 aromatic heterocycles. The summed E-state index contributed by atoms with van der Waals surface area (Å²) < 4.78 is 40.9. The van der Waals surface area contributed by atoms with Crippen LogP contribution in [0.2, 0.25) is 0 Å². The highest BCUT2D eigenvalue weighted by Gasteiger charge is 2.44. The van der Waals surface area contributed by atoms with Gasteiger partial charge in [-0.05, 0) is 29.8 Å². The van der Waals surface area contributed by atoms with Crippen LogP contribution in [0, 0.1) is 0 Å². The van der Waals surface area contributed by atoms with Crippen molar-refractivity contribution in [1.29, 1.82) is 0 Å². The Kier molecular flexibility index (Phi) is 4.28. The standard InChI is InChI=1S/C18H14F2N4O3/c1-25-9-11-4-2-5-12(8-11)23-17-22-10-21-16(24-17)13-6-3-7-14-15(13)27-18(19,20)26-14/h2-8,10H,9H2,1H3,(H,21,22,23,24). The Balaban J connectivity index is 1.63. The van der Waals surface area contributed by atoms with Crippen molar-refractivity contribution in [2.45, 2.75) is 12.9 Å². The Morgan fingerprint density at radius 1 is 1.11 bits per heavy atom. The van der Waals surface area contributed by atoms with Gasteiger partial charge in [-0.1, -0.05) is 18.2 Å². The molecule has 1 aliphatic heterocycles. The fourth-order valence-corrected chi connectivity index (χ4v) is 2.67. The molecule has 3 aromatic rings. The van der Waals surface area contributed by atoms with Crippen molar-refractivity contribution in [3.8, 4) is 22.9 Å². The topological polar surface area (TPSA) is 78.4 Å². The average Bonchev–Trinajstić information content (AvgIpc) is 2.96. The number of benzene rings is 2. The van der Waals surface area contributed by atoms with Gasteiger partial charge in [0.2, 0.25) is 5.95 Å². The molecule has 0 radical (unpaired) electrons. The van der Waals surface area contributed by atoms with Gasteiger partial charge in [0.15, 0.2) is 17.3 Å². The zero-order valence-electron chi connectivity index (χ0n) is 14.1. The minimum absolute atomic E-state index is 0.0697. The van der Waals surface area contributed by atoms with E-state index in [1.807, 2.05) is 24.3 Å².